The summed E-state index contributed by atoms with van der Waals surface area (Å²) in [5.74, 6) is 1.71. The number of likely N-dealkylation sites (N-methyl/N-ethyl adjacent to an activating group) is 2. The molecule has 7 heteroatoms. The highest BCUT2D eigenvalue weighted by atomic mass is 16.5. The molecule has 0 radical (unpaired) electrons. The zero-order valence-electron chi connectivity index (χ0n) is 19.4. The molecular formula is C25H36N4O3. The number of fused-ring (bicyclic) bond motifs is 3. The van der Waals surface area contributed by atoms with E-state index < -0.39 is 0 Å². The van der Waals surface area contributed by atoms with Crippen LogP contribution < -0.4 is 4.74 Å². The molecule has 1 aromatic rings. The fourth-order valence-corrected chi connectivity index (χ4v) is 4.96. The van der Waals surface area contributed by atoms with E-state index in [-0.39, 0.29) is 23.7 Å². The van der Waals surface area contributed by atoms with Crippen LogP contribution >= 0.6 is 0 Å². The summed E-state index contributed by atoms with van der Waals surface area (Å²) in [6.07, 6.45) is 5.66. The third-order valence-electron chi connectivity index (χ3n) is 6.99. The van der Waals surface area contributed by atoms with Crippen molar-refractivity contribution in [2.24, 2.45) is 11.8 Å². The minimum absolute atomic E-state index is 0.160. The van der Waals surface area contributed by atoms with Crippen LogP contribution in [-0.4, -0.2) is 97.9 Å². The predicted octanol–water partition coefficient (Wildman–Crippen LogP) is 1.70. The second kappa shape index (κ2) is 10.5. The number of carbonyl (C=O) groups is 2. The molecular weight excluding hydrogens is 404 g/mol. The van der Waals surface area contributed by atoms with Crippen LogP contribution in [0.1, 0.15) is 18.4 Å². The van der Waals surface area contributed by atoms with Crippen LogP contribution in [0, 0.1) is 11.8 Å². The molecule has 4 rings (SSSR count). The molecule has 2 bridgehead atoms. The van der Waals surface area contributed by atoms with Gasteiger partial charge in [0.25, 0.3) is 0 Å². The van der Waals surface area contributed by atoms with E-state index >= 15 is 0 Å². The van der Waals surface area contributed by atoms with Crippen molar-refractivity contribution in [1.82, 2.24) is 19.6 Å². The van der Waals surface area contributed by atoms with Gasteiger partial charge in [-0.3, -0.25) is 14.5 Å². The van der Waals surface area contributed by atoms with Crippen LogP contribution in [-0.2, 0) is 16.1 Å². The van der Waals surface area contributed by atoms with Crippen LogP contribution in [0.3, 0.4) is 0 Å². The molecule has 0 N–H and O–H groups in total. The second-order valence-corrected chi connectivity index (χ2v) is 9.46. The van der Waals surface area contributed by atoms with Crippen molar-refractivity contribution in [1.29, 1.82) is 0 Å². The molecule has 2 amide bonds. The maximum Gasteiger partial charge on any atom is 0.236 e. The Morgan fingerprint density at radius 2 is 1.81 bits per heavy atom. The smallest absolute Gasteiger partial charge is 0.236 e. The van der Waals surface area contributed by atoms with E-state index in [0.717, 1.165) is 50.5 Å². The van der Waals surface area contributed by atoms with E-state index in [1.807, 2.05) is 39.9 Å². The minimum Gasteiger partial charge on any atom is -0.489 e. The van der Waals surface area contributed by atoms with E-state index in [4.69, 9.17) is 4.74 Å². The van der Waals surface area contributed by atoms with Gasteiger partial charge in [-0.15, -0.1) is 0 Å². The number of carbonyl (C=O) groups excluding carboxylic acids is 2. The Kier molecular flexibility index (Phi) is 7.48. The molecule has 1 aromatic carbocycles. The zero-order chi connectivity index (χ0) is 22.5. The van der Waals surface area contributed by atoms with Gasteiger partial charge in [-0.1, -0.05) is 30.4 Å². The van der Waals surface area contributed by atoms with Crippen LogP contribution in [0.4, 0.5) is 0 Å². The summed E-state index contributed by atoms with van der Waals surface area (Å²) in [4.78, 5) is 34.3. The Labute approximate surface area is 191 Å². The first-order valence-corrected chi connectivity index (χ1v) is 11.8. The summed E-state index contributed by atoms with van der Waals surface area (Å²) in [5, 5.41) is 0. The molecule has 3 heterocycles. The minimum atomic E-state index is 0.160. The lowest BCUT2D eigenvalue weighted by atomic mass is 9.82. The van der Waals surface area contributed by atoms with Crippen LogP contribution in [0.5, 0.6) is 5.75 Å². The lowest BCUT2D eigenvalue weighted by molar-refractivity contribution is -0.136. The standard InChI is InChI=1S/C25H36N4O3/c1-26-11-13-28(14-12-26)24(30)16-20-9-10-29-18-21(20)7-5-15-32-23-8-4-3-6-22(23)17-27(2)19-25(29)31/h3-8,20-21H,9-19H2,1-2H3/b7-5-/t20-,21-/m0/s1. The summed E-state index contributed by atoms with van der Waals surface area (Å²) < 4.78 is 6.04. The number of piperazine rings is 1. The Morgan fingerprint density at radius 3 is 2.62 bits per heavy atom. The van der Waals surface area contributed by atoms with Crippen molar-refractivity contribution < 1.29 is 14.3 Å². The van der Waals surface area contributed by atoms with Gasteiger partial charge in [0.15, 0.2) is 0 Å². The third-order valence-corrected chi connectivity index (χ3v) is 6.99. The Balaban J connectivity index is 1.46. The van der Waals surface area contributed by atoms with E-state index in [9.17, 15) is 9.59 Å². The van der Waals surface area contributed by atoms with Crippen LogP contribution in [0.15, 0.2) is 36.4 Å². The summed E-state index contributed by atoms with van der Waals surface area (Å²) >= 11 is 0. The molecule has 0 saturated carbocycles. The maximum atomic E-state index is 13.0. The molecule has 0 aliphatic carbocycles. The first kappa shape index (κ1) is 22.8. The van der Waals surface area contributed by atoms with Crippen molar-refractivity contribution in [2.45, 2.75) is 19.4 Å². The molecule has 32 heavy (non-hydrogen) atoms. The third kappa shape index (κ3) is 5.70. The topological polar surface area (TPSA) is 56.3 Å². The number of para-hydroxylation sites is 1. The van der Waals surface area contributed by atoms with E-state index in [1.165, 1.54) is 0 Å². The SMILES string of the molecule is CN1CCN(C(=O)C[C@@H]2CCN3C[C@@H]2/C=C\COc2ccccc2CN(C)CC3=O)CC1. The van der Waals surface area contributed by atoms with E-state index in [2.05, 4.69) is 30.2 Å². The van der Waals surface area contributed by atoms with Crippen LogP contribution in [0.25, 0.3) is 0 Å². The molecule has 2 fully saturated rings. The van der Waals surface area contributed by atoms with Gasteiger partial charge in [0.2, 0.25) is 11.8 Å². The number of hydrogen-bond donors (Lipinski definition) is 0. The van der Waals surface area contributed by atoms with Crippen molar-refractivity contribution in [2.75, 3.05) is 66.5 Å². The van der Waals surface area contributed by atoms with Gasteiger partial charge in [0.05, 0.1) is 6.54 Å². The van der Waals surface area contributed by atoms with Gasteiger partial charge in [-0.05, 0) is 38.4 Å². The fourth-order valence-electron chi connectivity index (χ4n) is 4.96. The molecule has 2 atom stereocenters. The summed E-state index contributed by atoms with van der Waals surface area (Å²) in [6, 6.07) is 8.02. The highest BCUT2D eigenvalue weighted by Gasteiger charge is 2.33. The predicted molar refractivity (Wildman–Crippen MR) is 124 cm³/mol. The van der Waals surface area contributed by atoms with Crippen molar-refractivity contribution in [3.05, 3.63) is 42.0 Å². The number of rotatable bonds is 2. The van der Waals surface area contributed by atoms with Gasteiger partial charge < -0.3 is 19.4 Å². The van der Waals surface area contributed by atoms with E-state index in [0.29, 0.717) is 32.7 Å². The molecule has 0 unspecified atom stereocenters. The average Bonchev–Trinajstić information content (AvgIpc) is 2.79. The molecule has 2 saturated heterocycles. The van der Waals surface area contributed by atoms with Gasteiger partial charge >= 0.3 is 0 Å². The highest BCUT2D eigenvalue weighted by molar-refractivity contribution is 5.79. The van der Waals surface area contributed by atoms with Crippen LogP contribution in [0.2, 0.25) is 0 Å². The van der Waals surface area contributed by atoms with E-state index in [1.54, 1.807) is 0 Å². The zero-order valence-corrected chi connectivity index (χ0v) is 19.4. The number of ether oxygens (including phenoxy) is 1. The van der Waals surface area contributed by atoms with Gasteiger partial charge in [-0.25, -0.2) is 0 Å². The number of nitrogens with zero attached hydrogens (tertiary/aromatic N) is 4. The van der Waals surface area contributed by atoms with Gasteiger partial charge in [0.1, 0.15) is 12.4 Å². The Bertz CT molecular complexity index is 834. The first-order valence-electron chi connectivity index (χ1n) is 11.8. The quantitative estimate of drug-likeness (QED) is 0.656. The number of amides is 2. The number of hydrogen-bond acceptors (Lipinski definition) is 5. The molecule has 3 aliphatic heterocycles. The summed E-state index contributed by atoms with van der Waals surface area (Å²) in [7, 11) is 4.08. The molecule has 7 nitrogen and oxygen atoms in total. The van der Waals surface area contributed by atoms with Crippen molar-refractivity contribution in [3.63, 3.8) is 0 Å². The normalized spacial score (nSPS) is 26.9. The molecule has 0 aromatic heterocycles. The van der Waals surface area contributed by atoms with Crippen molar-refractivity contribution >= 4 is 11.8 Å². The highest BCUT2D eigenvalue weighted by Crippen LogP contribution is 2.29. The largest absolute Gasteiger partial charge is 0.489 e. The number of benzene rings is 1. The lowest BCUT2D eigenvalue weighted by Crippen LogP contribution is -2.49. The second-order valence-electron chi connectivity index (χ2n) is 9.46. The Hall–Kier alpha value is -2.38. The monoisotopic (exact) mass is 440 g/mol. The summed E-state index contributed by atoms with van der Waals surface area (Å²) in [6.45, 7) is 6.45. The lowest BCUT2D eigenvalue weighted by Gasteiger charge is -2.39. The van der Waals surface area contributed by atoms with Gasteiger partial charge in [0, 0.05) is 57.8 Å². The average molecular weight is 441 g/mol. The summed E-state index contributed by atoms with van der Waals surface area (Å²) in [5.41, 5.74) is 1.09. The molecule has 3 aliphatic rings. The molecule has 0 spiro atoms. The molecule has 174 valence electrons. The van der Waals surface area contributed by atoms with Crippen molar-refractivity contribution in [3.8, 4) is 5.75 Å². The number of piperidine rings is 1. The Morgan fingerprint density at radius 1 is 1.03 bits per heavy atom. The fraction of sp³-hybridized carbons (Fsp3) is 0.600. The van der Waals surface area contributed by atoms with Gasteiger partial charge in [-0.2, -0.15) is 0 Å². The first-order chi connectivity index (χ1) is 15.5. The maximum absolute atomic E-state index is 13.0.